The first-order chi connectivity index (χ1) is 15.5. The minimum absolute atomic E-state index is 0.000939. The van der Waals surface area contributed by atoms with E-state index in [4.69, 9.17) is 14.5 Å². The fourth-order valence-electron chi connectivity index (χ4n) is 3.96. The summed E-state index contributed by atoms with van der Waals surface area (Å²) in [6.45, 7) is 4.77. The summed E-state index contributed by atoms with van der Waals surface area (Å²) in [5.74, 6) is 2.74. The van der Waals surface area contributed by atoms with E-state index < -0.39 is 0 Å². The zero-order valence-electron chi connectivity index (χ0n) is 18.7. The normalized spacial score (nSPS) is 11.3. The van der Waals surface area contributed by atoms with E-state index in [1.165, 1.54) is 5.56 Å². The number of nitrogens with zero attached hydrogens (tertiary/aromatic N) is 2. The number of aromatic nitrogens is 2. The maximum atomic E-state index is 9.79. The number of hydrogen-bond acceptors (Lipinski definition) is 4. The number of hydrogen-bond donors (Lipinski definition) is 1. The van der Waals surface area contributed by atoms with Gasteiger partial charge in [-0.05, 0) is 51.2 Å². The second kappa shape index (κ2) is 9.35. The molecule has 0 unspecified atom stereocenters. The van der Waals surface area contributed by atoms with Crippen molar-refractivity contribution in [1.82, 2.24) is 9.55 Å². The van der Waals surface area contributed by atoms with Gasteiger partial charge in [0, 0.05) is 17.7 Å². The lowest BCUT2D eigenvalue weighted by molar-refractivity contribution is 0.278. The van der Waals surface area contributed by atoms with Crippen LogP contribution in [-0.2, 0) is 6.54 Å². The molecule has 1 N–H and O–H groups in total. The summed E-state index contributed by atoms with van der Waals surface area (Å²) in [5.41, 5.74) is 5.87. The van der Waals surface area contributed by atoms with Crippen molar-refractivity contribution in [3.8, 4) is 34.0 Å². The molecule has 3 aromatic carbocycles. The highest BCUT2D eigenvalue weighted by molar-refractivity contribution is 9.10. The summed E-state index contributed by atoms with van der Waals surface area (Å²) < 4.78 is 14.1. The van der Waals surface area contributed by atoms with Gasteiger partial charge >= 0.3 is 0 Å². The maximum Gasteiger partial charge on any atom is 0.145 e. The molecule has 6 heteroatoms. The van der Waals surface area contributed by atoms with Crippen LogP contribution in [-0.4, -0.2) is 35.5 Å². The Labute approximate surface area is 196 Å². The molecule has 0 aliphatic heterocycles. The van der Waals surface area contributed by atoms with Crippen molar-refractivity contribution in [1.29, 1.82) is 0 Å². The molecule has 0 radical (unpaired) electrons. The van der Waals surface area contributed by atoms with Crippen molar-refractivity contribution in [2.75, 3.05) is 20.8 Å². The van der Waals surface area contributed by atoms with Crippen LogP contribution in [0.3, 0.4) is 0 Å². The van der Waals surface area contributed by atoms with E-state index in [0.717, 1.165) is 43.8 Å². The number of fused-ring (bicyclic) bond motifs is 1. The lowest BCUT2D eigenvalue weighted by atomic mass is 10.0. The van der Waals surface area contributed by atoms with Gasteiger partial charge in [0.1, 0.15) is 28.4 Å². The SMILES string of the molecule is COc1cccc(-c2cc(OC)c3c(nc(-c4ccc(C(C)C)cc4)n3CCO)c2Br)c1. The topological polar surface area (TPSA) is 56.5 Å². The molecule has 0 fully saturated rings. The standard InChI is InChI=1S/C26H27BrN2O3/c1-16(2)17-8-10-18(11-9-17)26-28-24-23(27)21(19-6-5-7-20(14-19)31-3)15-22(32-4)25(24)29(26)12-13-30/h5-11,14-16,30H,12-13H2,1-4H3. The summed E-state index contributed by atoms with van der Waals surface area (Å²) in [5, 5.41) is 9.79. The number of imidazole rings is 1. The zero-order chi connectivity index (χ0) is 22.8. The van der Waals surface area contributed by atoms with E-state index >= 15 is 0 Å². The minimum atomic E-state index is 0.000939. The monoisotopic (exact) mass is 494 g/mol. The second-order valence-electron chi connectivity index (χ2n) is 7.96. The van der Waals surface area contributed by atoms with Crippen LogP contribution in [0, 0.1) is 0 Å². The minimum Gasteiger partial charge on any atom is -0.497 e. The van der Waals surface area contributed by atoms with E-state index in [9.17, 15) is 5.11 Å². The van der Waals surface area contributed by atoms with Crippen LogP contribution in [0.4, 0.5) is 0 Å². The second-order valence-corrected chi connectivity index (χ2v) is 8.75. The maximum absolute atomic E-state index is 9.79. The van der Waals surface area contributed by atoms with Gasteiger partial charge < -0.3 is 19.1 Å². The first-order valence-corrected chi connectivity index (χ1v) is 11.4. The Hall–Kier alpha value is -2.83. The summed E-state index contributed by atoms with van der Waals surface area (Å²) >= 11 is 3.80. The van der Waals surface area contributed by atoms with Crippen LogP contribution < -0.4 is 9.47 Å². The molecule has 4 aromatic rings. The summed E-state index contributed by atoms with van der Waals surface area (Å²) in [6.07, 6.45) is 0. The van der Waals surface area contributed by atoms with Crippen LogP contribution in [0.15, 0.2) is 59.1 Å². The van der Waals surface area contributed by atoms with E-state index in [2.05, 4.69) is 54.0 Å². The Bertz CT molecular complexity index is 1250. The van der Waals surface area contributed by atoms with Crippen molar-refractivity contribution in [3.05, 3.63) is 64.6 Å². The fraction of sp³-hybridized carbons (Fsp3) is 0.269. The van der Waals surface area contributed by atoms with Crippen molar-refractivity contribution in [3.63, 3.8) is 0 Å². The quantitative estimate of drug-likeness (QED) is 0.329. The van der Waals surface area contributed by atoms with Crippen molar-refractivity contribution in [2.24, 2.45) is 0 Å². The molecule has 0 aliphatic carbocycles. The molecule has 0 aliphatic rings. The van der Waals surface area contributed by atoms with Gasteiger partial charge in [-0.2, -0.15) is 0 Å². The van der Waals surface area contributed by atoms with Crippen LogP contribution in [0.1, 0.15) is 25.3 Å². The van der Waals surface area contributed by atoms with Crippen LogP contribution >= 0.6 is 15.9 Å². The van der Waals surface area contributed by atoms with Crippen molar-refractivity contribution in [2.45, 2.75) is 26.3 Å². The first kappa shape index (κ1) is 22.4. The van der Waals surface area contributed by atoms with Gasteiger partial charge in [-0.15, -0.1) is 0 Å². The lowest BCUT2D eigenvalue weighted by Crippen LogP contribution is -2.05. The number of rotatable bonds is 7. The predicted octanol–water partition coefficient (Wildman–Crippen LogP) is 6.27. The number of methoxy groups -OCH3 is 2. The van der Waals surface area contributed by atoms with E-state index in [1.54, 1.807) is 14.2 Å². The first-order valence-electron chi connectivity index (χ1n) is 10.6. The molecular formula is C26H27BrN2O3. The number of benzene rings is 3. The summed E-state index contributed by atoms with van der Waals surface area (Å²) in [6, 6.07) is 18.4. The zero-order valence-corrected chi connectivity index (χ0v) is 20.3. The Morgan fingerprint density at radius 2 is 1.75 bits per heavy atom. The largest absolute Gasteiger partial charge is 0.497 e. The van der Waals surface area contributed by atoms with Gasteiger partial charge in [0.2, 0.25) is 0 Å². The molecule has 0 amide bonds. The highest BCUT2D eigenvalue weighted by Crippen LogP contribution is 2.42. The van der Waals surface area contributed by atoms with E-state index in [-0.39, 0.29) is 6.61 Å². The molecule has 1 heterocycles. The number of ether oxygens (including phenoxy) is 2. The molecule has 4 rings (SSSR count). The highest BCUT2D eigenvalue weighted by atomic mass is 79.9. The van der Waals surface area contributed by atoms with Gasteiger partial charge in [-0.3, -0.25) is 0 Å². The van der Waals surface area contributed by atoms with Crippen LogP contribution in [0.5, 0.6) is 11.5 Å². The third-order valence-corrected chi connectivity index (χ3v) is 6.48. The Morgan fingerprint density at radius 3 is 2.38 bits per heavy atom. The predicted molar refractivity (Wildman–Crippen MR) is 133 cm³/mol. The Kier molecular flexibility index (Phi) is 6.53. The average molecular weight is 495 g/mol. The number of aliphatic hydroxyl groups is 1. The Morgan fingerprint density at radius 1 is 1.00 bits per heavy atom. The van der Waals surface area contributed by atoms with E-state index in [1.807, 2.05) is 34.9 Å². The molecule has 0 bridgehead atoms. The Balaban J connectivity index is 1.97. The molecule has 1 aromatic heterocycles. The van der Waals surface area contributed by atoms with Crippen molar-refractivity contribution >= 4 is 27.0 Å². The van der Waals surface area contributed by atoms with Gasteiger partial charge in [-0.1, -0.05) is 50.2 Å². The fourth-order valence-corrected chi connectivity index (χ4v) is 4.58. The van der Waals surface area contributed by atoms with Crippen LogP contribution in [0.25, 0.3) is 33.5 Å². The smallest absolute Gasteiger partial charge is 0.145 e. The third kappa shape index (κ3) is 4.00. The summed E-state index contributed by atoms with van der Waals surface area (Å²) in [4.78, 5) is 5.01. The van der Waals surface area contributed by atoms with Gasteiger partial charge in [0.15, 0.2) is 0 Å². The average Bonchev–Trinajstić information content (AvgIpc) is 3.20. The molecule has 32 heavy (non-hydrogen) atoms. The molecule has 0 saturated heterocycles. The van der Waals surface area contributed by atoms with E-state index in [0.29, 0.717) is 18.2 Å². The molecular weight excluding hydrogens is 468 g/mol. The van der Waals surface area contributed by atoms with Gasteiger partial charge in [-0.25, -0.2) is 4.98 Å². The molecule has 0 spiro atoms. The molecule has 0 atom stereocenters. The van der Waals surface area contributed by atoms with Gasteiger partial charge in [0.05, 0.1) is 25.3 Å². The third-order valence-electron chi connectivity index (χ3n) is 5.68. The van der Waals surface area contributed by atoms with Crippen molar-refractivity contribution < 1.29 is 14.6 Å². The molecule has 166 valence electrons. The number of aliphatic hydroxyl groups excluding tert-OH is 1. The summed E-state index contributed by atoms with van der Waals surface area (Å²) in [7, 11) is 3.32. The molecule has 5 nitrogen and oxygen atoms in total. The highest BCUT2D eigenvalue weighted by Gasteiger charge is 2.22. The lowest BCUT2D eigenvalue weighted by Gasteiger charge is -2.13. The number of halogens is 1. The van der Waals surface area contributed by atoms with Crippen LogP contribution in [0.2, 0.25) is 0 Å². The molecule has 0 saturated carbocycles. The van der Waals surface area contributed by atoms with Gasteiger partial charge in [0.25, 0.3) is 0 Å².